The van der Waals surface area contributed by atoms with Crippen molar-refractivity contribution in [3.05, 3.63) is 0 Å². The number of rotatable bonds is 10. The van der Waals surface area contributed by atoms with Gasteiger partial charge in [-0.05, 0) is 19.8 Å². The normalized spacial score (nSPS) is 15.2. The van der Waals surface area contributed by atoms with Crippen LogP contribution in [0, 0.1) is 0 Å². The van der Waals surface area contributed by atoms with Crippen molar-refractivity contribution in [1.82, 2.24) is 0 Å². The summed E-state index contributed by atoms with van der Waals surface area (Å²) >= 11 is 0. The van der Waals surface area contributed by atoms with E-state index < -0.39 is 0 Å². The first-order chi connectivity index (χ1) is 7.26. The Labute approximate surface area is 92.2 Å². The van der Waals surface area contributed by atoms with E-state index in [0.717, 1.165) is 19.4 Å². The third-order valence-electron chi connectivity index (χ3n) is 2.24. The van der Waals surface area contributed by atoms with Gasteiger partial charge in [0.2, 0.25) is 0 Å². The summed E-state index contributed by atoms with van der Waals surface area (Å²) in [5.74, 6) is 0. The van der Waals surface area contributed by atoms with Crippen LogP contribution in [0.25, 0.3) is 0 Å². The summed E-state index contributed by atoms with van der Waals surface area (Å²) < 4.78 is 11.0. The van der Waals surface area contributed by atoms with E-state index in [1.165, 1.54) is 0 Å². The van der Waals surface area contributed by atoms with Crippen LogP contribution in [0.2, 0.25) is 0 Å². The number of aliphatic hydroxyl groups excluding tert-OH is 2. The zero-order valence-corrected chi connectivity index (χ0v) is 9.82. The van der Waals surface area contributed by atoms with Crippen LogP contribution in [-0.2, 0) is 9.47 Å². The summed E-state index contributed by atoms with van der Waals surface area (Å²) in [5.41, 5.74) is 0. The van der Waals surface area contributed by atoms with Crippen LogP contribution in [0.15, 0.2) is 0 Å². The van der Waals surface area contributed by atoms with E-state index in [4.69, 9.17) is 19.7 Å². The zero-order chi connectivity index (χ0) is 11.5. The van der Waals surface area contributed by atoms with Gasteiger partial charge < -0.3 is 19.7 Å². The van der Waals surface area contributed by atoms with Gasteiger partial charge in [0, 0.05) is 13.2 Å². The molecule has 0 radical (unpaired) electrons. The van der Waals surface area contributed by atoms with E-state index >= 15 is 0 Å². The lowest BCUT2D eigenvalue weighted by Gasteiger charge is -2.23. The molecule has 92 valence electrons. The average Bonchev–Trinajstić information content (AvgIpc) is 2.24. The smallest absolute Gasteiger partial charge is 0.0856 e. The van der Waals surface area contributed by atoms with Gasteiger partial charge in [0.05, 0.1) is 25.4 Å². The molecular weight excluding hydrogens is 196 g/mol. The Bertz CT molecular complexity index is 130. The first-order valence-corrected chi connectivity index (χ1v) is 5.71. The topological polar surface area (TPSA) is 58.9 Å². The summed E-state index contributed by atoms with van der Waals surface area (Å²) in [4.78, 5) is 0. The van der Waals surface area contributed by atoms with Gasteiger partial charge in [-0.3, -0.25) is 0 Å². The summed E-state index contributed by atoms with van der Waals surface area (Å²) in [6.07, 6.45) is 2.53. The molecule has 2 atom stereocenters. The van der Waals surface area contributed by atoms with Crippen molar-refractivity contribution in [1.29, 1.82) is 0 Å². The number of unbranched alkanes of at least 4 members (excludes halogenated alkanes) is 1. The van der Waals surface area contributed by atoms with Crippen molar-refractivity contribution in [3.8, 4) is 0 Å². The second kappa shape index (κ2) is 10.4. The van der Waals surface area contributed by atoms with Crippen LogP contribution < -0.4 is 0 Å². The Morgan fingerprint density at radius 2 is 1.80 bits per heavy atom. The fourth-order valence-electron chi connectivity index (χ4n) is 1.31. The molecule has 0 rings (SSSR count). The molecule has 0 amide bonds. The fraction of sp³-hybridized carbons (Fsp3) is 1.00. The highest BCUT2D eigenvalue weighted by molar-refractivity contribution is 4.66. The van der Waals surface area contributed by atoms with Crippen molar-refractivity contribution in [2.45, 2.75) is 45.3 Å². The minimum absolute atomic E-state index is 0.00358. The van der Waals surface area contributed by atoms with Gasteiger partial charge in [0.25, 0.3) is 0 Å². The van der Waals surface area contributed by atoms with E-state index in [9.17, 15) is 0 Å². The highest BCUT2D eigenvalue weighted by atomic mass is 16.5. The number of hydrogen-bond acceptors (Lipinski definition) is 4. The van der Waals surface area contributed by atoms with E-state index in [1.54, 1.807) is 0 Å². The highest BCUT2D eigenvalue weighted by Gasteiger charge is 2.17. The molecule has 15 heavy (non-hydrogen) atoms. The molecule has 0 aliphatic rings. The maximum atomic E-state index is 8.86. The quantitative estimate of drug-likeness (QED) is 0.538. The monoisotopic (exact) mass is 220 g/mol. The third-order valence-corrected chi connectivity index (χ3v) is 2.24. The van der Waals surface area contributed by atoms with Gasteiger partial charge in [-0.2, -0.15) is 0 Å². The summed E-state index contributed by atoms with van der Waals surface area (Å²) in [7, 11) is 0. The summed E-state index contributed by atoms with van der Waals surface area (Å²) in [5, 5.41) is 17.5. The lowest BCUT2D eigenvalue weighted by Crippen LogP contribution is -2.31. The Kier molecular flexibility index (Phi) is 10.3. The van der Waals surface area contributed by atoms with Gasteiger partial charge in [-0.25, -0.2) is 0 Å². The molecule has 2 N–H and O–H groups in total. The van der Waals surface area contributed by atoms with E-state index in [-0.39, 0.29) is 25.4 Å². The Hall–Kier alpha value is -0.160. The minimum Gasteiger partial charge on any atom is -0.396 e. The zero-order valence-electron chi connectivity index (χ0n) is 9.82. The molecule has 0 aromatic carbocycles. The van der Waals surface area contributed by atoms with Crippen molar-refractivity contribution < 1.29 is 19.7 Å². The maximum absolute atomic E-state index is 8.86. The van der Waals surface area contributed by atoms with Crippen molar-refractivity contribution in [3.63, 3.8) is 0 Å². The van der Waals surface area contributed by atoms with Gasteiger partial charge in [0.15, 0.2) is 0 Å². The number of hydrogen-bond donors (Lipinski definition) is 2. The molecule has 4 heteroatoms. The average molecular weight is 220 g/mol. The largest absolute Gasteiger partial charge is 0.396 e. The minimum atomic E-state index is -0.126. The molecule has 0 saturated carbocycles. The van der Waals surface area contributed by atoms with Crippen LogP contribution in [0.5, 0.6) is 0 Å². The van der Waals surface area contributed by atoms with Crippen molar-refractivity contribution in [2.75, 3.05) is 26.4 Å². The third kappa shape index (κ3) is 7.73. The number of aliphatic hydroxyl groups is 2. The molecule has 0 saturated heterocycles. The fourth-order valence-corrected chi connectivity index (χ4v) is 1.31. The first kappa shape index (κ1) is 14.8. The van der Waals surface area contributed by atoms with Crippen LogP contribution in [-0.4, -0.2) is 48.8 Å². The Morgan fingerprint density at radius 1 is 1.07 bits per heavy atom. The van der Waals surface area contributed by atoms with Gasteiger partial charge in [-0.1, -0.05) is 13.3 Å². The van der Waals surface area contributed by atoms with Gasteiger partial charge >= 0.3 is 0 Å². The van der Waals surface area contributed by atoms with E-state index in [0.29, 0.717) is 13.0 Å². The Morgan fingerprint density at radius 3 is 2.33 bits per heavy atom. The van der Waals surface area contributed by atoms with Crippen LogP contribution >= 0.6 is 0 Å². The molecule has 0 aromatic rings. The molecule has 0 aromatic heterocycles. The standard InChI is InChI=1S/C11H24O4/c1-3-4-8-14-10(2)11(5-6-12)15-9-7-13/h10-13H,3-9H2,1-2H3. The van der Waals surface area contributed by atoms with Crippen molar-refractivity contribution in [2.24, 2.45) is 0 Å². The SMILES string of the molecule is CCCCOC(C)C(CCO)OCCO. The first-order valence-electron chi connectivity index (χ1n) is 5.71. The molecule has 0 fully saturated rings. The van der Waals surface area contributed by atoms with Crippen LogP contribution in [0.4, 0.5) is 0 Å². The molecule has 0 spiro atoms. The van der Waals surface area contributed by atoms with Crippen LogP contribution in [0.1, 0.15) is 33.1 Å². The predicted molar refractivity (Wildman–Crippen MR) is 58.9 cm³/mol. The second-order valence-electron chi connectivity index (χ2n) is 3.57. The summed E-state index contributed by atoms with van der Waals surface area (Å²) in [6.45, 7) is 5.16. The van der Waals surface area contributed by atoms with Gasteiger partial charge in [-0.15, -0.1) is 0 Å². The molecule has 0 heterocycles. The molecule has 0 aliphatic heterocycles. The second-order valence-corrected chi connectivity index (χ2v) is 3.57. The molecule has 0 aliphatic carbocycles. The maximum Gasteiger partial charge on any atom is 0.0856 e. The Balaban J connectivity index is 3.75. The number of ether oxygens (including phenoxy) is 2. The van der Waals surface area contributed by atoms with Crippen LogP contribution in [0.3, 0.4) is 0 Å². The predicted octanol–water partition coefficient (Wildman–Crippen LogP) is 0.951. The molecule has 2 unspecified atom stereocenters. The lowest BCUT2D eigenvalue weighted by atomic mass is 10.1. The van der Waals surface area contributed by atoms with E-state index in [2.05, 4.69) is 6.92 Å². The van der Waals surface area contributed by atoms with E-state index in [1.807, 2.05) is 6.92 Å². The summed E-state index contributed by atoms with van der Waals surface area (Å²) in [6, 6.07) is 0. The molecule has 4 nitrogen and oxygen atoms in total. The van der Waals surface area contributed by atoms with Gasteiger partial charge in [0.1, 0.15) is 0 Å². The van der Waals surface area contributed by atoms with Crippen molar-refractivity contribution >= 4 is 0 Å². The highest BCUT2D eigenvalue weighted by Crippen LogP contribution is 2.08. The molecular formula is C11H24O4. The lowest BCUT2D eigenvalue weighted by molar-refractivity contribution is -0.0797. The molecule has 0 bridgehead atoms.